The predicted octanol–water partition coefficient (Wildman–Crippen LogP) is 1.60. The Kier molecular flexibility index (Phi) is 3.69. The van der Waals surface area contributed by atoms with Crippen LogP contribution in [0.2, 0.25) is 0 Å². The van der Waals surface area contributed by atoms with E-state index in [9.17, 15) is 4.79 Å². The predicted molar refractivity (Wildman–Crippen MR) is 74.1 cm³/mol. The highest BCUT2D eigenvalue weighted by Crippen LogP contribution is 2.21. The number of nitrogens with zero attached hydrogens (tertiary/aromatic N) is 2. The molecular formula is C15H18N2O3. The zero-order valence-corrected chi connectivity index (χ0v) is 11.3. The van der Waals surface area contributed by atoms with Crippen molar-refractivity contribution >= 4 is 16.9 Å². The molecule has 0 aliphatic carbocycles. The zero-order chi connectivity index (χ0) is 13.9. The van der Waals surface area contributed by atoms with Gasteiger partial charge in [0.15, 0.2) is 5.58 Å². The van der Waals surface area contributed by atoms with Gasteiger partial charge in [0.1, 0.15) is 5.69 Å². The lowest BCUT2D eigenvalue weighted by Crippen LogP contribution is -2.40. The second kappa shape index (κ2) is 5.63. The minimum atomic E-state index is 0.0837. The summed E-state index contributed by atoms with van der Waals surface area (Å²) in [6, 6.07) is 7.58. The molecule has 1 aromatic heterocycles. The molecule has 20 heavy (non-hydrogen) atoms. The van der Waals surface area contributed by atoms with Gasteiger partial charge >= 0.3 is 0 Å². The Balaban J connectivity index is 1.67. The Morgan fingerprint density at radius 1 is 1.35 bits per heavy atom. The summed E-state index contributed by atoms with van der Waals surface area (Å²) in [5, 5.41) is 14.0. The lowest BCUT2D eigenvalue weighted by molar-refractivity contribution is -0.132. The van der Waals surface area contributed by atoms with Crippen molar-refractivity contribution < 1.29 is 14.4 Å². The van der Waals surface area contributed by atoms with E-state index in [2.05, 4.69) is 5.16 Å². The number of amides is 1. The average molecular weight is 274 g/mol. The molecule has 1 fully saturated rings. The second-order valence-corrected chi connectivity index (χ2v) is 5.31. The van der Waals surface area contributed by atoms with Crippen LogP contribution in [0.15, 0.2) is 28.8 Å². The van der Waals surface area contributed by atoms with Crippen LogP contribution < -0.4 is 0 Å². The Hall–Kier alpha value is -1.88. The van der Waals surface area contributed by atoms with Gasteiger partial charge in [-0.3, -0.25) is 4.79 Å². The number of hydrogen-bond acceptors (Lipinski definition) is 4. The summed E-state index contributed by atoms with van der Waals surface area (Å²) in [5.41, 5.74) is 1.42. The molecule has 1 aromatic carbocycles. The lowest BCUT2D eigenvalue weighted by Gasteiger charge is -2.31. The largest absolute Gasteiger partial charge is 0.396 e. The summed E-state index contributed by atoms with van der Waals surface area (Å²) < 4.78 is 5.22. The number of carbonyl (C=O) groups excluding carboxylic acids is 1. The van der Waals surface area contributed by atoms with Gasteiger partial charge in [-0.2, -0.15) is 0 Å². The SMILES string of the molecule is O=C(Cc1noc2ccccc12)N1CCC(CO)CC1. The quantitative estimate of drug-likeness (QED) is 0.923. The van der Waals surface area contributed by atoms with Gasteiger partial charge in [0.25, 0.3) is 0 Å². The Labute approximate surface area is 117 Å². The van der Waals surface area contributed by atoms with Crippen molar-refractivity contribution in [3.63, 3.8) is 0 Å². The fourth-order valence-corrected chi connectivity index (χ4v) is 2.69. The maximum atomic E-state index is 12.3. The number of aliphatic hydroxyl groups excluding tert-OH is 1. The number of carbonyl (C=O) groups is 1. The van der Waals surface area contributed by atoms with Crippen molar-refractivity contribution in [3.8, 4) is 0 Å². The van der Waals surface area contributed by atoms with E-state index in [4.69, 9.17) is 9.63 Å². The molecule has 1 amide bonds. The summed E-state index contributed by atoms with van der Waals surface area (Å²) in [4.78, 5) is 14.1. The number of hydrogen-bond donors (Lipinski definition) is 1. The van der Waals surface area contributed by atoms with Crippen LogP contribution in [0, 0.1) is 5.92 Å². The van der Waals surface area contributed by atoms with E-state index >= 15 is 0 Å². The van der Waals surface area contributed by atoms with Crippen LogP contribution in [0.3, 0.4) is 0 Å². The van der Waals surface area contributed by atoms with Crippen LogP contribution in [-0.4, -0.2) is 40.8 Å². The van der Waals surface area contributed by atoms with Crippen LogP contribution in [-0.2, 0) is 11.2 Å². The number of fused-ring (bicyclic) bond motifs is 1. The number of rotatable bonds is 3. The van der Waals surface area contributed by atoms with Crippen LogP contribution in [0.1, 0.15) is 18.5 Å². The highest BCUT2D eigenvalue weighted by atomic mass is 16.5. The summed E-state index contributed by atoms with van der Waals surface area (Å²) in [6.45, 7) is 1.66. The van der Waals surface area contributed by atoms with Crippen molar-refractivity contribution in [2.45, 2.75) is 19.3 Å². The zero-order valence-electron chi connectivity index (χ0n) is 11.3. The van der Waals surface area contributed by atoms with Crippen LogP contribution >= 0.6 is 0 Å². The lowest BCUT2D eigenvalue weighted by atomic mass is 9.97. The van der Waals surface area contributed by atoms with E-state index in [0.29, 0.717) is 17.2 Å². The van der Waals surface area contributed by atoms with Crippen molar-refractivity contribution in [1.29, 1.82) is 0 Å². The number of piperidine rings is 1. The average Bonchev–Trinajstić information content (AvgIpc) is 2.91. The van der Waals surface area contributed by atoms with Gasteiger partial charge in [-0.25, -0.2) is 0 Å². The first kappa shape index (κ1) is 13.1. The molecule has 0 unspecified atom stereocenters. The maximum Gasteiger partial charge on any atom is 0.228 e. The van der Waals surface area contributed by atoms with Gasteiger partial charge in [-0.15, -0.1) is 0 Å². The number of benzene rings is 1. The van der Waals surface area contributed by atoms with Crippen LogP contribution in [0.25, 0.3) is 11.0 Å². The molecule has 2 aromatic rings. The van der Waals surface area contributed by atoms with Crippen molar-refractivity contribution in [2.24, 2.45) is 5.92 Å². The molecule has 5 nitrogen and oxygen atoms in total. The smallest absolute Gasteiger partial charge is 0.228 e. The van der Waals surface area contributed by atoms with Gasteiger partial charge in [0, 0.05) is 25.1 Å². The summed E-state index contributed by atoms with van der Waals surface area (Å²) in [7, 11) is 0. The van der Waals surface area contributed by atoms with Gasteiger partial charge in [-0.1, -0.05) is 17.3 Å². The third-order valence-electron chi connectivity index (χ3n) is 4.00. The molecule has 1 aliphatic heterocycles. The first-order chi connectivity index (χ1) is 9.78. The Bertz CT molecular complexity index is 600. The fraction of sp³-hybridized carbons (Fsp3) is 0.467. The monoisotopic (exact) mass is 274 g/mol. The first-order valence-electron chi connectivity index (χ1n) is 7.00. The number of likely N-dealkylation sites (tertiary alicyclic amines) is 1. The van der Waals surface area contributed by atoms with E-state index in [1.807, 2.05) is 29.2 Å². The molecule has 0 saturated carbocycles. The molecule has 0 spiro atoms. The standard InChI is InChI=1S/C15H18N2O3/c18-10-11-5-7-17(8-6-11)15(19)9-13-12-3-1-2-4-14(12)20-16-13/h1-4,11,18H,5-10H2. The molecule has 1 N–H and O–H groups in total. The van der Waals surface area contributed by atoms with Crippen LogP contribution in [0.5, 0.6) is 0 Å². The van der Waals surface area contributed by atoms with Crippen LogP contribution in [0.4, 0.5) is 0 Å². The summed E-state index contributed by atoms with van der Waals surface area (Å²) >= 11 is 0. The molecule has 0 bridgehead atoms. The maximum absolute atomic E-state index is 12.3. The molecule has 1 saturated heterocycles. The molecule has 3 rings (SSSR count). The molecule has 5 heteroatoms. The first-order valence-corrected chi connectivity index (χ1v) is 7.00. The molecule has 0 radical (unpaired) electrons. The van der Waals surface area contributed by atoms with Gasteiger partial charge < -0.3 is 14.5 Å². The molecule has 0 atom stereocenters. The summed E-state index contributed by atoms with van der Waals surface area (Å²) in [5.74, 6) is 0.423. The third kappa shape index (κ3) is 2.54. The third-order valence-corrected chi connectivity index (χ3v) is 4.00. The molecular weight excluding hydrogens is 256 g/mol. The van der Waals surface area contributed by atoms with Gasteiger partial charge in [0.05, 0.1) is 6.42 Å². The second-order valence-electron chi connectivity index (χ2n) is 5.31. The summed E-state index contributed by atoms with van der Waals surface area (Å²) in [6.07, 6.45) is 2.03. The number of aliphatic hydroxyl groups is 1. The van der Waals surface area contributed by atoms with Gasteiger partial charge in [-0.05, 0) is 30.9 Å². The van der Waals surface area contributed by atoms with E-state index in [-0.39, 0.29) is 18.9 Å². The van der Waals surface area contributed by atoms with Crippen molar-refractivity contribution in [1.82, 2.24) is 10.1 Å². The minimum absolute atomic E-state index is 0.0837. The number of aromatic nitrogens is 1. The van der Waals surface area contributed by atoms with E-state index < -0.39 is 0 Å². The minimum Gasteiger partial charge on any atom is -0.396 e. The normalized spacial score (nSPS) is 16.8. The fourth-order valence-electron chi connectivity index (χ4n) is 2.69. The topological polar surface area (TPSA) is 66.6 Å². The van der Waals surface area contributed by atoms with Gasteiger partial charge in [0.2, 0.25) is 5.91 Å². The van der Waals surface area contributed by atoms with Crippen molar-refractivity contribution in [2.75, 3.05) is 19.7 Å². The highest BCUT2D eigenvalue weighted by molar-refractivity contribution is 5.86. The van der Waals surface area contributed by atoms with Crippen molar-refractivity contribution in [3.05, 3.63) is 30.0 Å². The molecule has 2 heterocycles. The van der Waals surface area contributed by atoms with E-state index in [1.165, 1.54) is 0 Å². The highest BCUT2D eigenvalue weighted by Gasteiger charge is 2.23. The van der Waals surface area contributed by atoms with E-state index in [0.717, 1.165) is 31.3 Å². The van der Waals surface area contributed by atoms with E-state index in [1.54, 1.807) is 0 Å². The Morgan fingerprint density at radius 2 is 2.10 bits per heavy atom. The Morgan fingerprint density at radius 3 is 2.85 bits per heavy atom. The molecule has 1 aliphatic rings. The molecule has 106 valence electrons. The number of para-hydroxylation sites is 1.